The lowest BCUT2D eigenvalue weighted by Gasteiger charge is -1.80. The maximum Gasteiger partial charge on any atom is 0.220 e. The van der Waals surface area contributed by atoms with Gasteiger partial charge in [0.1, 0.15) is 0 Å². The molecule has 2 nitrogen and oxygen atoms in total. The number of rotatable bonds is 0. The molecule has 0 saturated carbocycles. The van der Waals surface area contributed by atoms with Crippen molar-refractivity contribution in [2.75, 3.05) is 6.54 Å². The molecule has 1 aliphatic rings. The zero-order chi connectivity index (χ0) is 6.41. The van der Waals surface area contributed by atoms with E-state index in [-0.39, 0.29) is 5.91 Å². The molecule has 1 rings (SSSR count). The minimum absolute atomic E-state index is 0.204. The largest absolute Gasteiger partial charge is 0.356 e. The molecule has 1 amide bonds. The Bertz CT molecular complexity index is 62.9. The molecular weight excluding hydrogens is 102 g/mol. The number of amides is 1. The molecule has 2 heteroatoms. The molecule has 8 heavy (non-hydrogen) atoms. The summed E-state index contributed by atoms with van der Waals surface area (Å²) in [7, 11) is 0. The van der Waals surface area contributed by atoms with Crippen LogP contribution in [0.2, 0.25) is 0 Å². The maximum absolute atomic E-state index is 10.1. The molecule has 0 radical (unpaired) electrons. The fraction of sp³-hybridized carbons (Fsp3) is 0.833. The smallest absolute Gasteiger partial charge is 0.220 e. The van der Waals surface area contributed by atoms with E-state index in [2.05, 4.69) is 5.32 Å². The lowest BCUT2D eigenvalue weighted by Crippen LogP contribution is -2.12. The van der Waals surface area contributed by atoms with Crippen LogP contribution in [-0.4, -0.2) is 12.5 Å². The van der Waals surface area contributed by atoms with Gasteiger partial charge < -0.3 is 5.32 Å². The van der Waals surface area contributed by atoms with Crippen LogP contribution in [0.25, 0.3) is 0 Å². The zero-order valence-corrected chi connectivity index (χ0v) is 5.53. The van der Waals surface area contributed by atoms with Gasteiger partial charge in [0.15, 0.2) is 0 Å². The number of carbonyl (C=O) groups is 1. The highest BCUT2D eigenvalue weighted by Gasteiger charge is 2.05. The molecule has 0 aliphatic carbocycles. The van der Waals surface area contributed by atoms with Gasteiger partial charge in [-0.25, -0.2) is 0 Å². The van der Waals surface area contributed by atoms with Gasteiger partial charge in [0, 0.05) is 13.0 Å². The van der Waals surface area contributed by atoms with E-state index in [1.807, 2.05) is 13.8 Å². The van der Waals surface area contributed by atoms with Crippen molar-refractivity contribution >= 4 is 5.91 Å². The first-order valence-corrected chi connectivity index (χ1v) is 3.16. The first kappa shape index (κ1) is 7.47. The molecule has 0 aromatic heterocycles. The van der Waals surface area contributed by atoms with E-state index < -0.39 is 0 Å². The molecule has 1 N–H and O–H groups in total. The third-order valence-corrected chi connectivity index (χ3v) is 0.903. The second kappa shape index (κ2) is 4.62. The number of carbonyl (C=O) groups excluding carboxylic acids is 1. The van der Waals surface area contributed by atoms with Crippen molar-refractivity contribution < 1.29 is 4.79 Å². The lowest BCUT2D eigenvalue weighted by molar-refractivity contribution is -0.119. The maximum atomic E-state index is 10.1. The first-order valence-electron chi connectivity index (χ1n) is 3.16. The Kier molecular flexibility index (Phi) is 4.32. The molecule has 1 heterocycles. The summed E-state index contributed by atoms with van der Waals surface area (Å²) >= 11 is 0. The van der Waals surface area contributed by atoms with Crippen molar-refractivity contribution in [3.8, 4) is 0 Å². The van der Waals surface area contributed by atoms with Crippen LogP contribution in [0.15, 0.2) is 0 Å². The van der Waals surface area contributed by atoms with Crippen molar-refractivity contribution in [1.29, 1.82) is 0 Å². The van der Waals surface area contributed by atoms with Crippen LogP contribution in [0.1, 0.15) is 26.7 Å². The third kappa shape index (κ3) is 2.61. The predicted octanol–water partition coefficient (Wildman–Crippen LogP) is 0.923. The molecule has 0 spiro atoms. The van der Waals surface area contributed by atoms with Crippen LogP contribution in [0.5, 0.6) is 0 Å². The van der Waals surface area contributed by atoms with E-state index >= 15 is 0 Å². The van der Waals surface area contributed by atoms with Crippen LogP contribution >= 0.6 is 0 Å². The second-order valence-electron chi connectivity index (χ2n) is 1.45. The van der Waals surface area contributed by atoms with Crippen LogP contribution < -0.4 is 5.32 Å². The molecule has 1 saturated heterocycles. The predicted molar refractivity (Wildman–Crippen MR) is 33.6 cm³/mol. The highest BCUT2D eigenvalue weighted by atomic mass is 16.1. The van der Waals surface area contributed by atoms with Gasteiger partial charge in [-0.2, -0.15) is 0 Å². The number of hydrogen-bond acceptors (Lipinski definition) is 1. The van der Waals surface area contributed by atoms with Gasteiger partial charge in [0.25, 0.3) is 0 Å². The molecule has 48 valence electrons. The molecule has 0 aromatic rings. The Morgan fingerprint density at radius 2 is 2.12 bits per heavy atom. The summed E-state index contributed by atoms with van der Waals surface area (Å²) in [6.07, 6.45) is 1.76. The SMILES string of the molecule is CC.O=C1CCCN1. The summed E-state index contributed by atoms with van der Waals surface area (Å²) in [4.78, 5) is 10.1. The highest BCUT2D eigenvalue weighted by molar-refractivity contribution is 5.77. The van der Waals surface area contributed by atoms with Crippen LogP contribution in [0.4, 0.5) is 0 Å². The van der Waals surface area contributed by atoms with Gasteiger partial charge in [-0.3, -0.25) is 4.79 Å². The summed E-state index contributed by atoms with van der Waals surface area (Å²) in [5.41, 5.74) is 0. The minimum Gasteiger partial charge on any atom is -0.356 e. The lowest BCUT2D eigenvalue weighted by atomic mass is 10.4. The minimum atomic E-state index is 0.204. The summed E-state index contributed by atoms with van der Waals surface area (Å²) in [5, 5.41) is 2.68. The molecule has 0 bridgehead atoms. The molecule has 1 aliphatic heterocycles. The molecular formula is C6H13NO. The Labute approximate surface area is 50.3 Å². The van der Waals surface area contributed by atoms with E-state index in [0.29, 0.717) is 0 Å². The van der Waals surface area contributed by atoms with E-state index in [0.717, 1.165) is 19.4 Å². The number of nitrogens with one attached hydrogen (secondary N) is 1. The van der Waals surface area contributed by atoms with E-state index in [4.69, 9.17) is 0 Å². The van der Waals surface area contributed by atoms with Gasteiger partial charge >= 0.3 is 0 Å². The Morgan fingerprint density at radius 3 is 2.25 bits per heavy atom. The van der Waals surface area contributed by atoms with Crippen LogP contribution in [0, 0.1) is 0 Å². The summed E-state index contributed by atoms with van der Waals surface area (Å²) in [6.45, 7) is 4.89. The summed E-state index contributed by atoms with van der Waals surface area (Å²) in [5.74, 6) is 0.204. The fourth-order valence-corrected chi connectivity index (χ4v) is 0.565. The van der Waals surface area contributed by atoms with Crippen molar-refractivity contribution in [3.05, 3.63) is 0 Å². The topological polar surface area (TPSA) is 29.1 Å². The van der Waals surface area contributed by atoms with Gasteiger partial charge in [0.2, 0.25) is 5.91 Å². The second-order valence-corrected chi connectivity index (χ2v) is 1.45. The van der Waals surface area contributed by atoms with Crippen molar-refractivity contribution in [3.63, 3.8) is 0 Å². The zero-order valence-electron chi connectivity index (χ0n) is 5.53. The summed E-state index contributed by atoms with van der Waals surface area (Å²) < 4.78 is 0. The molecule has 0 aromatic carbocycles. The Balaban J connectivity index is 0.000000222. The van der Waals surface area contributed by atoms with E-state index in [1.54, 1.807) is 0 Å². The normalized spacial score (nSPS) is 16.5. The van der Waals surface area contributed by atoms with Gasteiger partial charge in [-0.15, -0.1) is 0 Å². The Morgan fingerprint density at radius 1 is 1.50 bits per heavy atom. The van der Waals surface area contributed by atoms with Gasteiger partial charge in [0.05, 0.1) is 0 Å². The average molecular weight is 115 g/mol. The number of hydrogen-bond donors (Lipinski definition) is 1. The molecule has 1 fully saturated rings. The van der Waals surface area contributed by atoms with Crippen LogP contribution in [0.3, 0.4) is 0 Å². The average Bonchev–Trinajstić information content (AvgIpc) is 2.24. The van der Waals surface area contributed by atoms with Crippen molar-refractivity contribution in [1.82, 2.24) is 5.32 Å². The highest BCUT2D eigenvalue weighted by Crippen LogP contribution is 1.93. The third-order valence-electron chi connectivity index (χ3n) is 0.903. The van der Waals surface area contributed by atoms with Crippen LogP contribution in [-0.2, 0) is 4.79 Å². The Hall–Kier alpha value is -0.530. The summed E-state index contributed by atoms with van der Waals surface area (Å²) in [6, 6.07) is 0. The van der Waals surface area contributed by atoms with Crippen molar-refractivity contribution in [2.45, 2.75) is 26.7 Å². The standard InChI is InChI=1S/C4H7NO.C2H6/c6-4-2-1-3-5-4;1-2/h1-3H2,(H,5,6);1-2H3. The monoisotopic (exact) mass is 115 g/mol. The molecule has 0 unspecified atom stereocenters. The van der Waals surface area contributed by atoms with E-state index in [9.17, 15) is 4.79 Å². The van der Waals surface area contributed by atoms with E-state index in [1.165, 1.54) is 0 Å². The quantitative estimate of drug-likeness (QED) is 0.499. The van der Waals surface area contributed by atoms with Gasteiger partial charge in [-0.1, -0.05) is 13.8 Å². The first-order chi connectivity index (χ1) is 3.89. The van der Waals surface area contributed by atoms with Gasteiger partial charge in [-0.05, 0) is 6.42 Å². The van der Waals surface area contributed by atoms with Crippen molar-refractivity contribution in [2.24, 2.45) is 0 Å². The fourth-order valence-electron chi connectivity index (χ4n) is 0.565. The molecule has 0 atom stereocenters.